The third-order valence-corrected chi connectivity index (χ3v) is 9.52. The van der Waals surface area contributed by atoms with Crippen LogP contribution in [0.4, 0.5) is 0 Å². The summed E-state index contributed by atoms with van der Waals surface area (Å²) in [6, 6.07) is 31.5. The zero-order chi connectivity index (χ0) is 16.3. The molecule has 0 saturated heterocycles. The van der Waals surface area contributed by atoms with Gasteiger partial charge in [0, 0.05) is 0 Å². The highest BCUT2D eigenvalue weighted by Gasteiger charge is 2.22. The number of hydrogen-bond acceptors (Lipinski definition) is 0. The number of rotatable bonds is 4. The maximum Gasteiger partial charge on any atom is 0.132 e. The average Bonchev–Trinajstić information content (AvgIpc) is 2.57. The van der Waals surface area contributed by atoms with Gasteiger partial charge in [-0.2, -0.15) is 0 Å². The van der Waals surface area contributed by atoms with Gasteiger partial charge in [0.05, 0.1) is 8.07 Å². The van der Waals surface area contributed by atoms with Gasteiger partial charge < -0.3 is 0 Å². The summed E-state index contributed by atoms with van der Waals surface area (Å²) in [5, 5.41) is 6.07. The summed E-state index contributed by atoms with van der Waals surface area (Å²) >= 11 is 0. The van der Waals surface area contributed by atoms with Gasteiger partial charge in [0.2, 0.25) is 0 Å². The standard InChI is InChI=1S/C21H24Si2/c1-23(2,3)21-16-10-15-20(17-21)22(18-11-6-4-7-12-18)19-13-8-5-9-14-19/h4-17,22H,1-3H3. The molecule has 0 saturated carbocycles. The molecule has 0 spiro atoms. The first-order chi connectivity index (χ1) is 11.1. The molecule has 0 heterocycles. The molecule has 23 heavy (non-hydrogen) atoms. The number of hydrogen-bond donors (Lipinski definition) is 0. The van der Waals surface area contributed by atoms with Gasteiger partial charge in [0.15, 0.2) is 0 Å². The Labute approximate surface area is 142 Å². The van der Waals surface area contributed by atoms with Gasteiger partial charge in [-0.3, -0.25) is 0 Å². The van der Waals surface area contributed by atoms with Crippen LogP contribution in [0.1, 0.15) is 0 Å². The van der Waals surface area contributed by atoms with Crippen molar-refractivity contribution < 1.29 is 0 Å². The van der Waals surface area contributed by atoms with Crippen molar-refractivity contribution in [1.29, 1.82) is 0 Å². The highest BCUT2D eigenvalue weighted by molar-refractivity contribution is 6.96. The lowest BCUT2D eigenvalue weighted by atomic mass is 10.3. The third kappa shape index (κ3) is 3.71. The maximum atomic E-state index is 2.49. The Bertz CT molecular complexity index is 719. The summed E-state index contributed by atoms with van der Waals surface area (Å²) in [6.07, 6.45) is 0. The minimum atomic E-state index is -1.39. The molecule has 0 aliphatic carbocycles. The second kappa shape index (κ2) is 6.69. The van der Waals surface area contributed by atoms with Crippen molar-refractivity contribution >= 4 is 37.6 Å². The fraction of sp³-hybridized carbons (Fsp3) is 0.143. The van der Waals surface area contributed by atoms with Crippen molar-refractivity contribution in [2.24, 2.45) is 0 Å². The number of benzene rings is 3. The van der Waals surface area contributed by atoms with E-state index >= 15 is 0 Å². The van der Waals surface area contributed by atoms with Crippen LogP contribution in [0.3, 0.4) is 0 Å². The van der Waals surface area contributed by atoms with Crippen LogP contribution in [-0.4, -0.2) is 16.9 Å². The summed E-state index contributed by atoms with van der Waals surface area (Å²) in [6.45, 7) is 7.27. The van der Waals surface area contributed by atoms with E-state index in [-0.39, 0.29) is 0 Å². The molecule has 3 aromatic carbocycles. The smallest absolute Gasteiger partial charge is 0.0656 e. The Kier molecular flexibility index (Phi) is 4.64. The SMILES string of the molecule is C[Si](C)(C)c1cccc([SiH](c2ccccc2)c2ccccc2)c1. The van der Waals surface area contributed by atoms with Crippen LogP contribution in [0, 0.1) is 0 Å². The van der Waals surface area contributed by atoms with Gasteiger partial charge in [-0.1, -0.05) is 125 Å². The summed E-state index contributed by atoms with van der Waals surface area (Å²) in [4.78, 5) is 0. The minimum Gasteiger partial charge on any atom is -0.0656 e. The van der Waals surface area contributed by atoms with E-state index in [1.165, 1.54) is 15.6 Å². The lowest BCUT2D eigenvalue weighted by Crippen LogP contribution is -2.53. The van der Waals surface area contributed by atoms with E-state index < -0.39 is 16.9 Å². The lowest BCUT2D eigenvalue weighted by Gasteiger charge is -2.22. The van der Waals surface area contributed by atoms with Crippen molar-refractivity contribution in [1.82, 2.24) is 0 Å². The topological polar surface area (TPSA) is 0 Å². The Morgan fingerprint density at radius 1 is 0.565 bits per heavy atom. The molecular weight excluding hydrogens is 308 g/mol. The van der Waals surface area contributed by atoms with E-state index in [0.717, 1.165) is 0 Å². The van der Waals surface area contributed by atoms with Gasteiger partial charge in [0.1, 0.15) is 8.80 Å². The molecule has 0 radical (unpaired) electrons. The fourth-order valence-electron chi connectivity index (χ4n) is 3.05. The zero-order valence-corrected chi connectivity index (χ0v) is 16.3. The Balaban J connectivity index is 2.14. The first-order valence-corrected chi connectivity index (χ1v) is 13.5. The van der Waals surface area contributed by atoms with E-state index in [0.29, 0.717) is 0 Å². The molecule has 0 aliphatic rings. The molecule has 0 aliphatic heterocycles. The molecule has 3 rings (SSSR count). The Hall–Kier alpha value is -1.91. The molecule has 0 unspecified atom stereocenters. The maximum absolute atomic E-state index is 2.49. The van der Waals surface area contributed by atoms with E-state index in [9.17, 15) is 0 Å². The van der Waals surface area contributed by atoms with Crippen LogP contribution in [0.2, 0.25) is 19.6 Å². The quantitative estimate of drug-likeness (QED) is 0.509. The van der Waals surface area contributed by atoms with Crippen LogP contribution in [0.15, 0.2) is 84.9 Å². The first kappa shape index (κ1) is 16.0. The lowest BCUT2D eigenvalue weighted by molar-refractivity contribution is 1.69. The largest absolute Gasteiger partial charge is 0.132 e. The predicted molar refractivity (Wildman–Crippen MR) is 108 cm³/mol. The van der Waals surface area contributed by atoms with E-state index in [1.807, 2.05) is 0 Å². The first-order valence-electron chi connectivity index (χ1n) is 8.26. The van der Waals surface area contributed by atoms with Crippen LogP contribution < -0.4 is 20.7 Å². The van der Waals surface area contributed by atoms with Gasteiger partial charge in [0.25, 0.3) is 0 Å². The van der Waals surface area contributed by atoms with Gasteiger partial charge in [-0.15, -0.1) is 0 Å². The summed E-state index contributed by atoms with van der Waals surface area (Å²) in [5.74, 6) is 0. The molecule has 116 valence electrons. The van der Waals surface area contributed by atoms with Crippen molar-refractivity contribution in [2.75, 3.05) is 0 Å². The monoisotopic (exact) mass is 332 g/mol. The Morgan fingerprint density at radius 2 is 1.04 bits per heavy atom. The molecule has 3 aromatic rings. The van der Waals surface area contributed by atoms with Crippen molar-refractivity contribution in [2.45, 2.75) is 19.6 Å². The zero-order valence-electron chi connectivity index (χ0n) is 14.2. The second-order valence-corrected chi connectivity index (χ2v) is 15.1. The summed E-state index contributed by atoms with van der Waals surface area (Å²) < 4.78 is 0. The summed E-state index contributed by atoms with van der Waals surface area (Å²) in [5.41, 5.74) is 0. The fourth-order valence-corrected chi connectivity index (χ4v) is 7.43. The van der Waals surface area contributed by atoms with E-state index in [4.69, 9.17) is 0 Å². The average molecular weight is 333 g/mol. The molecule has 0 N–H and O–H groups in total. The van der Waals surface area contributed by atoms with Crippen molar-refractivity contribution in [3.63, 3.8) is 0 Å². The van der Waals surface area contributed by atoms with Crippen LogP contribution in [-0.2, 0) is 0 Å². The molecule has 0 atom stereocenters. The predicted octanol–water partition coefficient (Wildman–Crippen LogP) is 2.48. The molecule has 0 fully saturated rings. The van der Waals surface area contributed by atoms with Crippen molar-refractivity contribution in [3.05, 3.63) is 84.9 Å². The van der Waals surface area contributed by atoms with E-state index in [2.05, 4.69) is 105 Å². The van der Waals surface area contributed by atoms with Gasteiger partial charge in [-0.05, 0) is 0 Å². The second-order valence-electron chi connectivity index (χ2n) is 7.13. The van der Waals surface area contributed by atoms with Crippen LogP contribution >= 0.6 is 0 Å². The highest BCUT2D eigenvalue weighted by atomic mass is 28.3. The molecule has 0 aromatic heterocycles. The minimum absolute atomic E-state index is 1.29. The van der Waals surface area contributed by atoms with Crippen LogP contribution in [0.5, 0.6) is 0 Å². The normalized spacial score (nSPS) is 11.7. The third-order valence-electron chi connectivity index (χ3n) is 4.35. The van der Waals surface area contributed by atoms with Gasteiger partial charge in [-0.25, -0.2) is 0 Å². The molecular formula is C21H24Si2. The van der Waals surface area contributed by atoms with E-state index in [1.54, 1.807) is 5.19 Å². The van der Waals surface area contributed by atoms with Crippen molar-refractivity contribution in [3.8, 4) is 0 Å². The Morgan fingerprint density at radius 3 is 1.52 bits per heavy atom. The molecule has 0 nitrogen and oxygen atoms in total. The highest BCUT2D eigenvalue weighted by Crippen LogP contribution is 2.02. The van der Waals surface area contributed by atoms with Crippen LogP contribution in [0.25, 0.3) is 0 Å². The van der Waals surface area contributed by atoms with Gasteiger partial charge >= 0.3 is 0 Å². The molecule has 0 amide bonds. The summed E-state index contributed by atoms with van der Waals surface area (Å²) in [7, 11) is -2.68. The molecule has 2 heteroatoms. The molecule has 0 bridgehead atoms.